The number of nitrogens with one attached hydrogen (secondary N) is 1. The first-order chi connectivity index (χ1) is 8.68. The van der Waals surface area contributed by atoms with E-state index in [4.69, 9.17) is 10.5 Å². The van der Waals surface area contributed by atoms with Crippen molar-refractivity contribution in [3.8, 4) is 0 Å². The van der Waals surface area contributed by atoms with E-state index in [1.807, 2.05) is 13.8 Å². The fourth-order valence-electron chi connectivity index (χ4n) is 3.55. The summed E-state index contributed by atoms with van der Waals surface area (Å²) in [4.78, 5) is 0. The number of alkyl halides is 3. The van der Waals surface area contributed by atoms with Gasteiger partial charge >= 0.3 is 6.18 Å². The first-order valence-corrected chi connectivity index (χ1v) is 6.86. The van der Waals surface area contributed by atoms with E-state index in [0.29, 0.717) is 6.54 Å². The summed E-state index contributed by atoms with van der Waals surface area (Å²) < 4.78 is 42.1. The molecule has 0 aromatic heterocycles. The number of ether oxygens (including phenoxy) is 1. The Bertz CT molecular complexity index is 332. The summed E-state index contributed by atoms with van der Waals surface area (Å²) in [5, 5.41) is 2.87. The highest BCUT2D eigenvalue weighted by molar-refractivity contribution is 5.20. The van der Waals surface area contributed by atoms with Gasteiger partial charge in [0.1, 0.15) is 0 Å². The van der Waals surface area contributed by atoms with E-state index in [2.05, 4.69) is 5.32 Å². The van der Waals surface area contributed by atoms with E-state index in [1.54, 1.807) is 0 Å². The molecule has 3 atom stereocenters. The molecule has 1 saturated heterocycles. The van der Waals surface area contributed by atoms with Crippen molar-refractivity contribution in [2.24, 2.45) is 17.1 Å². The fraction of sp³-hybridized carbons (Fsp3) is 1.00. The lowest BCUT2D eigenvalue weighted by Crippen LogP contribution is -2.80. The molecule has 0 spiro atoms. The minimum absolute atomic E-state index is 0.0726. The SMILES string of the molecule is CC1(C)C2OCCCC2C1(N)CNCCC(F)(F)F. The van der Waals surface area contributed by atoms with Crippen LogP contribution in [0.3, 0.4) is 0 Å². The zero-order chi connectivity index (χ0) is 14.3. The zero-order valence-corrected chi connectivity index (χ0v) is 11.5. The Morgan fingerprint density at radius 1 is 1.37 bits per heavy atom. The van der Waals surface area contributed by atoms with Gasteiger partial charge in [0.2, 0.25) is 0 Å². The topological polar surface area (TPSA) is 47.3 Å². The average molecular weight is 280 g/mol. The molecule has 3 N–H and O–H groups in total. The summed E-state index contributed by atoms with van der Waals surface area (Å²) in [6.45, 7) is 5.20. The molecule has 0 radical (unpaired) electrons. The Kier molecular flexibility index (Phi) is 3.88. The molecular formula is C13H23F3N2O. The van der Waals surface area contributed by atoms with Gasteiger partial charge in [-0.3, -0.25) is 0 Å². The molecule has 2 fully saturated rings. The van der Waals surface area contributed by atoms with E-state index in [-0.39, 0.29) is 24.0 Å². The quantitative estimate of drug-likeness (QED) is 0.775. The van der Waals surface area contributed by atoms with Crippen molar-refractivity contribution in [1.82, 2.24) is 5.32 Å². The summed E-state index contributed by atoms with van der Waals surface area (Å²) in [5.74, 6) is 0.259. The van der Waals surface area contributed by atoms with Gasteiger partial charge in [-0.25, -0.2) is 0 Å². The van der Waals surface area contributed by atoms with Crippen molar-refractivity contribution in [2.75, 3.05) is 19.7 Å². The normalized spacial score (nSPS) is 37.6. The van der Waals surface area contributed by atoms with Gasteiger partial charge in [0, 0.05) is 36.6 Å². The minimum Gasteiger partial charge on any atom is -0.377 e. The largest absolute Gasteiger partial charge is 0.390 e. The van der Waals surface area contributed by atoms with Crippen LogP contribution >= 0.6 is 0 Å². The maximum absolute atomic E-state index is 12.1. The van der Waals surface area contributed by atoms with Crippen molar-refractivity contribution in [2.45, 2.75) is 50.9 Å². The van der Waals surface area contributed by atoms with Crippen molar-refractivity contribution in [3.05, 3.63) is 0 Å². The molecule has 1 saturated carbocycles. The molecule has 0 aromatic rings. The van der Waals surface area contributed by atoms with Gasteiger partial charge in [-0.15, -0.1) is 0 Å². The molecule has 112 valence electrons. The van der Waals surface area contributed by atoms with Crippen LogP contribution in [-0.4, -0.2) is 37.5 Å². The third kappa shape index (κ3) is 2.62. The van der Waals surface area contributed by atoms with Crippen LogP contribution in [0.4, 0.5) is 13.2 Å². The molecule has 2 aliphatic rings. The predicted octanol–water partition coefficient (Wildman–Crippen LogP) is 2.06. The first kappa shape index (κ1) is 15.1. The summed E-state index contributed by atoms with van der Waals surface area (Å²) in [6, 6.07) is 0. The van der Waals surface area contributed by atoms with Crippen molar-refractivity contribution >= 4 is 0 Å². The molecule has 1 heterocycles. The third-order valence-electron chi connectivity index (χ3n) is 4.90. The maximum atomic E-state index is 12.1. The van der Waals surface area contributed by atoms with Crippen molar-refractivity contribution < 1.29 is 17.9 Å². The van der Waals surface area contributed by atoms with Gasteiger partial charge in [-0.1, -0.05) is 13.8 Å². The Balaban J connectivity index is 1.87. The Morgan fingerprint density at radius 2 is 2.05 bits per heavy atom. The molecule has 2 rings (SSSR count). The molecule has 0 amide bonds. The standard InChI is InChI=1S/C13H23F3N2O/c1-11(2)10-9(4-3-7-19-10)12(11,17)8-18-6-5-13(14,15)16/h9-10,18H,3-8,17H2,1-2H3. The Labute approximate surface area is 112 Å². The molecule has 3 unspecified atom stereocenters. The number of fused-ring (bicyclic) bond motifs is 1. The predicted molar refractivity (Wildman–Crippen MR) is 66.7 cm³/mol. The molecule has 1 aliphatic carbocycles. The van der Waals surface area contributed by atoms with Gasteiger partial charge < -0.3 is 15.8 Å². The van der Waals surface area contributed by atoms with E-state index in [9.17, 15) is 13.2 Å². The first-order valence-electron chi connectivity index (χ1n) is 6.86. The van der Waals surface area contributed by atoms with E-state index in [1.165, 1.54) is 0 Å². The fourth-order valence-corrected chi connectivity index (χ4v) is 3.55. The molecule has 6 heteroatoms. The molecular weight excluding hydrogens is 257 g/mol. The van der Waals surface area contributed by atoms with Gasteiger partial charge in [0.25, 0.3) is 0 Å². The number of nitrogens with two attached hydrogens (primary N) is 1. The molecule has 0 aromatic carbocycles. The van der Waals surface area contributed by atoms with Crippen LogP contribution in [-0.2, 0) is 4.74 Å². The molecule has 19 heavy (non-hydrogen) atoms. The van der Waals surface area contributed by atoms with Crippen LogP contribution < -0.4 is 11.1 Å². The highest BCUT2D eigenvalue weighted by atomic mass is 19.4. The third-order valence-corrected chi connectivity index (χ3v) is 4.90. The van der Waals surface area contributed by atoms with Crippen molar-refractivity contribution in [1.29, 1.82) is 0 Å². The van der Waals surface area contributed by atoms with Crippen LogP contribution in [0.25, 0.3) is 0 Å². The summed E-state index contributed by atoms with van der Waals surface area (Å²) in [6.07, 6.45) is -2.78. The lowest BCUT2D eigenvalue weighted by molar-refractivity contribution is -0.226. The molecule has 0 bridgehead atoms. The van der Waals surface area contributed by atoms with E-state index >= 15 is 0 Å². The van der Waals surface area contributed by atoms with Gasteiger partial charge in [-0.2, -0.15) is 13.2 Å². The minimum atomic E-state index is -4.11. The second-order valence-corrected chi connectivity index (χ2v) is 6.34. The van der Waals surface area contributed by atoms with Gasteiger partial charge in [0.05, 0.1) is 12.5 Å². The number of hydrogen-bond donors (Lipinski definition) is 2. The second kappa shape index (κ2) is 4.90. The van der Waals surface area contributed by atoms with Crippen molar-refractivity contribution in [3.63, 3.8) is 0 Å². The number of hydrogen-bond acceptors (Lipinski definition) is 3. The average Bonchev–Trinajstić information content (AvgIpc) is 2.33. The highest BCUT2D eigenvalue weighted by Crippen LogP contribution is 2.56. The van der Waals surface area contributed by atoms with Gasteiger partial charge in [-0.05, 0) is 12.8 Å². The van der Waals surface area contributed by atoms with Gasteiger partial charge in [0.15, 0.2) is 0 Å². The van der Waals surface area contributed by atoms with E-state index < -0.39 is 18.1 Å². The number of halogens is 3. The van der Waals surface area contributed by atoms with Crippen LogP contribution in [0.15, 0.2) is 0 Å². The monoisotopic (exact) mass is 280 g/mol. The smallest absolute Gasteiger partial charge is 0.377 e. The highest BCUT2D eigenvalue weighted by Gasteiger charge is 2.65. The second-order valence-electron chi connectivity index (χ2n) is 6.34. The molecule has 3 nitrogen and oxygen atoms in total. The van der Waals surface area contributed by atoms with Crippen LogP contribution in [0, 0.1) is 11.3 Å². The van der Waals surface area contributed by atoms with E-state index in [0.717, 1.165) is 19.4 Å². The lowest BCUT2D eigenvalue weighted by Gasteiger charge is -2.66. The number of rotatable bonds is 4. The Hall–Kier alpha value is -0.330. The zero-order valence-electron chi connectivity index (χ0n) is 11.5. The van der Waals surface area contributed by atoms with Crippen LogP contribution in [0.1, 0.15) is 33.1 Å². The summed E-state index contributed by atoms with van der Waals surface area (Å²) >= 11 is 0. The van der Waals surface area contributed by atoms with Crippen LogP contribution in [0.5, 0.6) is 0 Å². The Morgan fingerprint density at radius 3 is 2.68 bits per heavy atom. The molecule has 1 aliphatic heterocycles. The lowest BCUT2D eigenvalue weighted by atomic mass is 9.46. The summed E-state index contributed by atoms with van der Waals surface area (Å²) in [5.41, 5.74) is 5.80. The summed E-state index contributed by atoms with van der Waals surface area (Å²) in [7, 11) is 0. The maximum Gasteiger partial charge on any atom is 0.390 e. The van der Waals surface area contributed by atoms with Crippen LogP contribution in [0.2, 0.25) is 0 Å².